The zero-order valence-electron chi connectivity index (χ0n) is 16.5. The molecule has 2 aliphatic rings. The molecule has 0 aliphatic carbocycles. The summed E-state index contributed by atoms with van der Waals surface area (Å²) in [6.07, 6.45) is -3.86. The van der Waals surface area contributed by atoms with Crippen LogP contribution in [0.4, 0.5) is 17.6 Å². The van der Waals surface area contributed by atoms with E-state index >= 15 is 0 Å². The van der Waals surface area contributed by atoms with Crippen LogP contribution in [0.25, 0.3) is 0 Å². The van der Waals surface area contributed by atoms with Crippen molar-refractivity contribution in [2.75, 3.05) is 52.4 Å². The molecule has 0 saturated carbocycles. The molecule has 1 aromatic carbocycles. The molecular weight excluding hydrogens is 406 g/mol. The van der Waals surface area contributed by atoms with Crippen LogP contribution in [0.1, 0.15) is 12.8 Å². The molecule has 1 unspecified atom stereocenters. The molecule has 2 aliphatic heterocycles. The molecule has 2 fully saturated rings. The minimum absolute atomic E-state index is 0.0543. The highest BCUT2D eigenvalue weighted by Crippen LogP contribution is 2.33. The summed E-state index contributed by atoms with van der Waals surface area (Å²) in [4.78, 5) is 29.5. The van der Waals surface area contributed by atoms with Gasteiger partial charge in [0.1, 0.15) is 11.6 Å². The van der Waals surface area contributed by atoms with E-state index in [4.69, 9.17) is 4.74 Å². The van der Waals surface area contributed by atoms with E-state index in [1.807, 2.05) is 4.90 Å². The molecule has 1 atom stereocenters. The highest BCUT2D eigenvalue weighted by Gasteiger charge is 2.42. The smallest absolute Gasteiger partial charge is 0.393 e. The van der Waals surface area contributed by atoms with E-state index in [0.717, 1.165) is 0 Å². The Hall–Kier alpha value is -2.36. The quantitative estimate of drug-likeness (QED) is 0.671. The Morgan fingerprint density at radius 1 is 0.967 bits per heavy atom. The second-order valence-corrected chi connectivity index (χ2v) is 7.62. The van der Waals surface area contributed by atoms with Gasteiger partial charge in [0, 0.05) is 39.3 Å². The lowest BCUT2D eigenvalue weighted by atomic mass is 9.97. The van der Waals surface area contributed by atoms with Crippen LogP contribution in [0.15, 0.2) is 24.3 Å². The number of carbonyl (C=O) groups excluding carboxylic acids is 2. The van der Waals surface area contributed by atoms with E-state index in [1.54, 1.807) is 4.90 Å². The number of benzene rings is 1. The minimum atomic E-state index is -4.28. The predicted octanol–water partition coefficient (Wildman–Crippen LogP) is 2.15. The van der Waals surface area contributed by atoms with Crippen molar-refractivity contribution in [2.24, 2.45) is 5.92 Å². The monoisotopic (exact) mass is 431 g/mol. The molecule has 3 rings (SSSR count). The molecule has 0 radical (unpaired) electrons. The van der Waals surface area contributed by atoms with Crippen molar-refractivity contribution in [2.45, 2.75) is 19.0 Å². The Labute approximate surface area is 172 Å². The van der Waals surface area contributed by atoms with Gasteiger partial charge >= 0.3 is 6.18 Å². The number of amides is 2. The van der Waals surface area contributed by atoms with Crippen molar-refractivity contribution in [3.63, 3.8) is 0 Å². The molecule has 2 heterocycles. The van der Waals surface area contributed by atoms with Gasteiger partial charge in [-0.25, -0.2) is 4.39 Å². The molecule has 1 aromatic rings. The minimum Gasteiger partial charge on any atom is -0.484 e. The van der Waals surface area contributed by atoms with Crippen LogP contribution in [0.5, 0.6) is 5.75 Å². The summed E-state index contributed by atoms with van der Waals surface area (Å²) in [6, 6.07) is 5.37. The molecule has 2 amide bonds. The predicted molar refractivity (Wildman–Crippen MR) is 100 cm³/mol. The van der Waals surface area contributed by atoms with Crippen LogP contribution < -0.4 is 4.74 Å². The number of ether oxygens (including phenoxy) is 1. The zero-order valence-corrected chi connectivity index (χ0v) is 16.5. The Morgan fingerprint density at radius 3 is 2.27 bits per heavy atom. The molecule has 30 heavy (non-hydrogen) atoms. The van der Waals surface area contributed by atoms with E-state index in [2.05, 4.69) is 0 Å². The normalized spacial score (nSPS) is 20.9. The van der Waals surface area contributed by atoms with Crippen molar-refractivity contribution in [1.82, 2.24) is 14.7 Å². The van der Waals surface area contributed by atoms with E-state index in [9.17, 15) is 27.2 Å². The number of carbonyl (C=O) groups is 2. The van der Waals surface area contributed by atoms with Gasteiger partial charge in [-0.3, -0.25) is 14.5 Å². The van der Waals surface area contributed by atoms with Crippen LogP contribution in [0.2, 0.25) is 0 Å². The van der Waals surface area contributed by atoms with Gasteiger partial charge in [0.15, 0.2) is 6.61 Å². The van der Waals surface area contributed by atoms with Gasteiger partial charge in [0.2, 0.25) is 5.91 Å². The van der Waals surface area contributed by atoms with Gasteiger partial charge in [-0.15, -0.1) is 0 Å². The second kappa shape index (κ2) is 9.63. The number of alkyl halides is 3. The molecule has 0 spiro atoms. The zero-order chi connectivity index (χ0) is 21.7. The Bertz CT molecular complexity index is 734. The van der Waals surface area contributed by atoms with Gasteiger partial charge < -0.3 is 14.5 Å². The molecular formula is C20H25F4N3O3. The van der Waals surface area contributed by atoms with Gasteiger partial charge in [-0.05, 0) is 37.1 Å². The molecule has 6 nitrogen and oxygen atoms in total. The van der Waals surface area contributed by atoms with Crippen molar-refractivity contribution in [3.8, 4) is 5.75 Å². The van der Waals surface area contributed by atoms with Gasteiger partial charge in [-0.1, -0.05) is 0 Å². The number of hydrogen-bond donors (Lipinski definition) is 0. The summed E-state index contributed by atoms with van der Waals surface area (Å²) in [6.45, 7) is 1.70. The van der Waals surface area contributed by atoms with Crippen molar-refractivity contribution >= 4 is 11.8 Å². The molecule has 10 heteroatoms. The van der Waals surface area contributed by atoms with Gasteiger partial charge in [0.05, 0.1) is 12.5 Å². The summed E-state index contributed by atoms with van der Waals surface area (Å²) in [5, 5.41) is 0. The molecule has 0 aromatic heterocycles. The fourth-order valence-corrected chi connectivity index (χ4v) is 3.68. The highest BCUT2D eigenvalue weighted by molar-refractivity contribution is 5.79. The summed E-state index contributed by atoms with van der Waals surface area (Å²) in [5.74, 6) is -1.96. The number of nitrogens with zero attached hydrogens (tertiary/aromatic N) is 3. The average molecular weight is 431 g/mol. The van der Waals surface area contributed by atoms with Crippen LogP contribution in [0, 0.1) is 11.7 Å². The maximum atomic E-state index is 12.9. The molecule has 0 bridgehead atoms. The molecule has 0 N–H and O–H groups in total. The first-order valence-corrected chi connectivity index (χ1v) is 9.95. The average Bonchev–Trinajstić information content (AvgIpc) is 2.73. The van der Waals surface area contributed by atoms with E-state index in [1.165, 1.54) is 29.2 Å². The van der Waals surface area contributed by atoms with Gasteiger partial charge in [0.25, 0.3) is 5.91 Å². The molecule has 166 valence electrons. The third kappa shape index (κ3) is 6.07. The van der Waals surface area contributed by atoms with E-state index < -0.39 is 17.9 Å². The fourth-order valence-electron chi connectivity index (χ4n) is 3.68. The first kappa shape index (κ1) is 22.3. The topological polar surface area (TPSA) is 53.1 Å². The van der Waals surface area contributed by atoms with Crippen molar-refractivity contribution in [3.05, 3.63) is 30.1 Å². The maximum absolute atomic E-state index is 12.9. The lowest BCUT2D eigenvalue weighted by molar-refractivity contribution is -0.188. The van der Waals surface area contributed by atoms with Crippen molar-refractivity contribution < 1.29 is 31.9 Å². The largest absolute Gasteiger partial charge is 0.484 e. The Balaban J connectivity index is 1.40. The number of hydrogen-bond acceptors (Lipinski definition) is 4. The van der Waals surface area contributed by atoms with Gasteiger partial charge in [-0.2, -0.15) is 13.2 Å². The summed E-state index contributed by atoms with van der Waals surface area (Å²) in [7, 11) is 0. The SMILES string of the molecule is O=C(COc1ccc(F)cc1)N1CCN(CC(=O)N2CCCC(C(F)(F)F)C2)CC1. The maximum Gasteiger partial charge on any atom is 0.393 e. The summed E-state index contributed by atoms with van der Waals surface area (Å²) < 4.78 is 57.0. The lowest BCUT2D eigenvalue weighted by Crippen LogP contribution is -2.53. The summed E-state index contributed by atoms with van der Waals surface area (Å²) in [5.41, 5.74) is 0. The number of halogens is 4. The first-order chi connectivity index (χ1) is 14.2. The number of rotatable bonds is 5. The molecule has 2 saturated heterocycles. The third-order valence-corrected chi connectivity index (χ3v) is 5.50. The Kier molecular flexibility index (Phi) is 7.17. The van der Waals surface area contributed by atoms with Crippen LogP contribution >= 0.6 is 0 Å². The third-order valence-electron chi connectivity index (χ3n) is 5.50. The van der Waals surface area contributed by atoms with E-state index in [0.29, 0.717) is 44.9 Å². The fraction of sp³-hybridized carbons (Fsp3) is 0.600. The van der Waals surface area contributed by atoms with E-state index in [-0.39, 0.29) is 37.9 Å². The number of piperidine rings is 1. The number of piperazine rings is 1. The van der Waals surface area contributed by atoms with Crippen molar-refractivity contribution in [1.29, 1.82) is 0 Å². The Morgan fingerprint density at radius 2 is 1.63 bits per heavy atom. The summed E-state index contributed by atoms with van der Waals surface area (Å²) >= 11 is 0. The highest BCUT2D eigenvalue weighted by atomic mass is 19.4. The van der Waals surface area contributed by atoms with Crippen LogP contribution in [-0.4, -0.2) is 85.1 Å². The van der Waals surface area contributed by atoms with Crippen LogP contribution in [-0.2, 0) is 9.59 Å². The van der Waals surface area contributed by atoms with Crippen LogP contribution in [0.3, 0.4) is 0 Å². The number of likely N-dealkylation sites (tertiary alicyclic amines) is 1. The first-order valence-electron chi connectivity index (χ1n) is 9.95. The lowest BCUT2D eigenvalue weighted by Gasteiger charge is -2.37. The second-order valence-electron chi connectivity index (χ2n) is 7.62. The standard InChI is InChI=1S/C20H25F4N3O3/c21-16-3-5-17(6-4-16)30-14-19(29)26-10-8-25(9-11-26)13-18(28)27-7-1-2-15(12-27)20(22,23)24/h3-6,15H,1-2,7-14H2.